The van der Waals surface area contributed by atoms with Crippen LogP contribution in [0.25, 0.3) is 11.1 Å². The molecular weight excluding hydrogens is 520 g/mol. The Hall–Kier alpha value is -4.54. The molecule has 5 rings (SSSR count). The van der Waals surface area contributed by atoms with Gasteiger partial charge in [0.05, 0.1) is 0 Å². The molecule has 0 aliphatic carbocycles. The minimum absolute atomic E-state index is 0.160. The first-order valence-electron chi connectivity index (χ1n) is 12.7. The van der Waals surface area contributed by atoms with E-state index in [1.54, 1.807) is 31.2 Å². The van der Waals surface area contributed by atoms with Crippen LogP contribution in [-0.2, 0) is 6.54 Å². The number of aromatic nitrogens is 1. The summed E-state index contributed by atoms with van der Waals surface area (Å²) in [6.07, 6.45) is 0.0530. The molecule has 1 saturated heterocycles. The summed E-state index contributed by atoms with van der Waals surface area (Å²) in [5.41, 5.74) is 8.83. The third-order valence-corrected chi connectivity index (χ3v) is 6.40. The zero-order chi connectivity index (χ0) is 28.2. The Morgan fingerprint density at radius 1 is 1.02 bits per heavy atom. The molecule has 40 heavy (non-hydrogen) atoms. The first-order chi connectivity index (χ1) is 19.3. The highest BCUT2D eigenvalue weighted by atomic mass is 19.1. The average molecular weight is 548 g/mol. The minimum Gasteiger partial charge on any atom is -0.483 e. The van der Waals surface area contributed by atoms with Crippen LogP contribution in [-0.4, -0.2) is 35.3 Å². The number of halogens is 2. The highest BCUT2D eigenvalue weighted by Crippen LogP contribution is 2.39. The second-order valence-corrected chi connectivity index (χ2v) is 9.35. The molecule has 0 saturated carbocycles. The number of carbonyl (C=O) groups is 1. The van der Waals surface area contributed by atoms with Crippen LogP contribution in [0.5, 0.6) is 29.0 Å². The van der Waals surface area contributed by atoms with Gasteiger partial charge in [-0.2, -0.15) is 13.8 Å². The molecule has 1 unspecified atom stereocenters. The number of rotatable bonds is 9. The lowest BCUT2D eigenvalue weighted by Gasteiger charge is -2.18. The fourth-order valence-corrected chi connectivity index (χ4v) is 4.34. The molecule has 1 aromatic heterocycles. The Labute approximate surface area is 229 Å². The SMILES string of the molecule is Cc1ccc(C(=O)O)c(Oc2nc(Oc3cccc(-c4cccc(CN)c4)c3)c(F)c(OC3CCNC3)c2F)c1. The van der Waals surface area contributed by atoms with Gasteiger partial charge in [0.1, 0.15) is 23.2 Å². The fourth-order valence-electron chi connectivity index (χ4n) is 4.34. The van der Waals surface area contributed by atoms with Crippen molar-refractivity contribution in [2.24, 2.45) is 5.73 Å². The second-order valence-electron chi connectivity index (χ2n) is 9.35. The summed E-state index contributed by atoms with van der Waals surface area (Å²) in [6.45, 7) is 3.13. The van der Waals surface area contributed by atoms with Crippen LogP contribution in [0.3, 0.4) is 0 Å². The van der Waals surface area contributed by atoms with Gasteiger partial charge >= 0.3 is 5.97 Å². The Balaban J connectivity index is 1.55. The molecular formula is C30H27F2N3O5. The lowest BCUT2D eigenvalue weighted by Crippen LogP contribution is -2.21. The molecule has 0 amide bonds. The van der Waals surface area contributed by atoms with Gasteiger partial charge < -0.3 is 30.4 Å². The number of carboxylic acid groups (broad SMARTS) is 1. The lowest BCUT2D eigenvalue weighted by atomic mass is 10.0. The monoisotopic (exact) mass is 547 g/mol. The maximum Gasteiger partial charge on any atom is 0.339 e. The Morgan fingerprint density at radius 2 is 1.75 bits per heavy atom. The second kappa shape index (κ2) is 11.7. The standard InChI is InChI=1S/C30H27F2N3O5/c1-17-8-9-23(30(36)37)24(12-17)40-29-26(32)27(38-22-10-11-34-16-22)25(31)28(35-29)39-21-7-3-6-20(14-21)19-5-2-4-18(13-19)15-33/h2-9,12-14,22,34H,10-11,15-16,33H2,1H3,(H,36,37). The van der Waals surface area contributed by atoms with Crippen molar-refractivity contribution in [2.45, 2.75) is 26.0 Å². The van der Waals surface area contributed by atoms with E-state index in [9.17, 15) is 9.90 Å². The van der Waals surface area contributed by atoms with E-state index >= 15 is 8.78 Å². The van der Waals surface area contributed by atoms with E-state index in [1.165, 1.54) is 12.1 Å². The zero-order valence-corrected chi connectivity index (χ0v) is 21.6. The number of aryl methyl sites for hydroxylation is 1. The molecule has 4 aromatic rings. The number of ether oxygens (including phenoxy) is 3. The number of pyridine rings is 1. The maximum atomic E-state index is 15.6. The Morgan fingerprint density at radius 3 is 2.45 bits per heavy atom. The third-order valence-electron chi connectivity index (χ3n) is 6.40. The van der Waals surface area contributed by atoms with E-state index in [4.69, 9.17) is 19.9 Å². The number of nitrogens with one attached hydrogen (secondary N) is 1. The molecule has 206 valence electrons. The number of hydrogen-bond acceptors (Lipinski definition) is 7. The number of nitrogens with zero attached hydrogens (tertiary/aromatic N) is 1. The van der Waals surface area contributed by atoms with Gasteiger partial charge in [0.15, 0.2) is 0 Å². The number of benzene rings is 3. The molecule has 3 aromatic carbocycles. The van der Waals surface area contributed by atoms with Crippen molar-refractivity contribution in [3.63, 3.8) is 0 Å². The minimum atomic E-state index is -1.28. The van der Waals surface area contributed by atoms with Crippen LogP contribution in [0.1, 0.15) is 27.9 Å². The van der Waals surface area contributed by atoms with Gasteiger partial charge in [-0.05, 0) is 72.5 Å². The molecule has 1 aliphatic heterocycles. The lowest BCUT2D eigenvalue weighted by molar-refractivity contribution is 0.0694. The predicted octanol–water partition coefficient (Wildman–Crippen LogP) is 5.82. The fraction of sp³-hybridized carbons (Fsp3) is 0.200. The van der Waals surface area contributed by atoms with Crippen molar-refractivity contribution in [2.75, 3.05) is 13.1 Å². The summed E-state index contributed by atoms with van der Waals surface area (Å²) in [7, 11) is 0. The quantitative estimate of drug-likeness (QED) is 0.240. The van der Waals surface area contributed by atoms with Crippen LogP contribution < -0.4 is 25.3 Å². The molecule has 2 heterocycles. The predicted molar refractivity (Wildman–Crippen MR) is 144 cm³/mol. The normalized spacial score (nSPS) is 14.7. The maximum absolute atomic E-state index is 15.6. The van der Waals surface area contributed by atoms with Gasteiger partial charge in [-0.15, -0.1) is 0 Å². The van der Waals surface area contributed by atoms with Crippen molar-refractivity contribution in [1.29, 1.82) is 0 Å². The summed E-state index contributed by atoms with van der Waals surface area (Å²) in [6, 6.07) is 18.9. The first-order valence-corrected chi connectivity index (χ1v) is 12.7. The van der Waals surface area contributed by atoms with Gasteiger partial charge in [-0.25, -0.2) is 4.79 Å². The molecule has 10 heteroatoms. The number of nitrogens with two attached hydrogens (primary N) is 1. The van der Waals surface area contributed by atoms with Crippen LogP contribution >= 0.6 is 0 Å². The molecule has 1 fully saturated rings. The average Bonchev–Trinajstić information content (AvgIpc) is 3.47. The topological polar surface area (TPSA) is 116 Å². The molecule has 4 N–H and O–H groups in total. The van der Waals surface area contributed by atoms with Crippen LogP contribution in [0.15, 0.2) is 66.7 Å². The number of hydrogen-bond donors (Lipinski definition) is 3. The summed E-state index contributed by atoms with van der Waals surface area (Å²) >= 11 is 0. The molecule has 1 atom stereocenters. The van der Waals surface area contributed by atoms with E-state index in [0.29, 0.717) is 31.6 Å². The van der Waals surface area contributed by atoms with Crippen molar-refractivity contribution in [3.05, 3.63) is 95.1 Å². The van der Waals surface area contributed by atoms with E-state index in [1.807, 2.05) is 30.3 Å². The van der Waals surface area contributed by atoms with Crippen LogP contribution in [0.2, 0.25) is 0 Å². The van der Waals surface area contributed by atoms with Gasteiger partial charge in [0, 0.05) is 13.1 Å². The highest BCUT2D eigenvalue weighted by molar-refractivity contribution is 5.91. The highest BCUT2D eigenvalue weighted by Gasteiger charge is 2.29. The summed E-state index contributed by atoms with van der Waals surface area (Å²) in [5, 5.41) is 12.7. The van der Waals surface area contributed by atoms with Crippen molar-refractivity contribution in [3.8, 4) is 40.1 Å². The Bertz CT molecular complexity index is 1560. The van der Waals surface area contributed by atoms with E-state index in [0.717, 1.165) is 16.7 Å². The van der Waals surface area contributed by atoms with Gasteiger partial charge in [0.25, 0.3) is 11.8 Å². The smallest absolute Gasteiger partial charge is 0.339 e. The first kappa shape index (κ1) is 27.0. The number of carboxylic acids is 1. The number of aromatic carboxylic acids is 1. The van der Waals surface area contributed by atoms with E-state index < -0.39 is 41.2 Å². The van der Waals surface area contributed by atoms with Gasteiger partial charge in [0.2, 0.25) is 17.4 Å². The molecule has 0 bridgehead atoms. The van der Waals surface area contributed by atoms with Crippen LogP contribution in [0, 0.1) is 18.6 Å². The molecule has 0 radical (unpaired) electrons. The van der Waals surface area contributed by atoms with E-state index in [2.05, 4.69) is 10.3 Å². The van der Waals surface area contributed by atoms with Crippen molar-refractivity contribution < 1.29 is 32.9 Å². The van der Waals surface area contributed by atoms with Crippen molar-refractivity contribution in [1.82, 2.24) is 10.3 Å². The van der Waals surface area contributed by atoms with Crippen LogP contribution in [0.4, 0.5) is 8.78 Å². The van der Waals surface area contributed by atoms with E-state index in [-0.39, 0.29) is 17.1 Å². The summed E-state index contributed by atoms with van der Waals surface area (Å²) in [5.74, 6) is -5.55. The van der Waals surface area contributed by atoms with Crippen molar-refractivity contribution >= 4 is 5.97 Å². The summed E-state index contributed by atoms with van der Waals surface area (Å²) < 4.78 is 48.3. The zero-order valence-electron chi connectivity index (χ0n) is 21.6. The summed E-state index contributed by atoms with van der Waals surface area (Å²) in [4.78, 5) is 15.7. The molecule has 1 aliphatic rings. The van der Waals surface area contributed by atoms with Gasteiger partial charge in [-0.3, -0.25) is 0 Å². The Kier molecular flexibility index (Phi) is 7.90. The molecule has 8 nitrogen and oxygen atoms in total. The largest absolute Gasteiger partial charge is 0.483 e. The van der Waals surface area contributed by atoms with Gasteiger partial charge in [-0.1, -0.05) is 36.4 Å². The third kappa shape index (κ3) is 5.88. The molecule has 0 spiro atoms.